The normalized spacial score (nSPS) is 46.0. The third-order valence-electron chi connectivity index (χ3n) is 8.53. The van der Waals surface area contributed by atoms with E-state index < -0.39 is 5.54 Å². The number of carbonyl (C=O) groups is 2. The number of carbonyl (C=O) groups excluding carboxylic acids is 2. The van der Waals surface area contributed by atoms with Crippen molar-refractivity contribution < 1.29 is 9.59 Å². The van der Waals surface area contributed by atoms with Crippen molar-refractivity contribution in [3.05, 3.63) is 0 Å². The number of hydrogen-bond donors (Lipinski definition) is 1. The first kappa shape index (κ1) is 18.0. The molecule has 1 heterocycles. The van der Waals surface area contributed by atoms with Gasteiger partial charge < -0.3 is 5.32 Å². The van der Waals surface area contributed by atoms with Crippen LogP contribution in [-0.2, 0) is 4.79 Å². The molecule has 1 N–H and O–H groups in total. The van der Waals surface area contributed by atoms with E-state index in [-0.39, 0.29) is 11.9 Å². The maximum Gasteiger partial charge on any atom is 0.326 e. The summed E-state index contributed by atoms with van der Waals surface area (Å²) in [5.74, 6) is 3.50. The van der Waals surface area contributed by atoms with Crippen molar-refractivity contribution in [3.8, 4) is 0 Å². The molecule has 5 saturated carbocycles. The van der Waals surface area contributed by atoms with E-state index in [1.165, 1.54) is 43.4 Å². The monoisotopic (exact) mass is 373 g/mol. The maximum absolute atomic E-state index is 13.1. The highest BCUT2D eigenvalue weighted by Gasteiger charge is 2.54. The van der Waals surface area contributed by atoms with Gasteiger partial charge in [-0.25, -0.2) is 9.69 Å². The van der Waals surface area contributed by atoms with Crippen molar-refractivity contribution in [1.29, 1.82) is 0 Å². The van der Waals surface area contributed by atoms with Crippen molar-refractivity contribution in [2.75, 3.05) is 20.3 Å². The van der Waals surface area contributed by atoms with Crippen LogP contribution in [0.1, 0.15) is 71.1 Å². The topological polar surface area (TPSA) is 52.7 Å². The molecule has 1 spiro atoms. The van der Waals surface area contributed by atoms with Crippen molar-refractivity contribution in [2.24, 2.45) is 29.1 Å². The van der Waals surface area contributed by atoms with E-state index in [1.807, 2.05) is 0 Å². The zero-order chi connectivity index (χ0) is 18.8. The molecule has 0 aromatic carbocycles. The Labute approximate surface area is 163 Å². The van der Waals surface area contributed by atoms with Gasteiger partial charge in [0.1, 0.15) is 5.54 Å². The van der Waals surface area contributed by atoms with Crippen LogP contribution in [0.3, 0.4) is 0 Å². The van der Waals surface area contributed by atoms with Gasteiger partial charge in [0.2, 0.25) is 0 Å². The predicted octanol–water partition coefficient (Wildman–Crippen LogP) is 3.59. The maximum atomic E-state index is 13.1. The quantitative estimate of drug-likeness (QED) is 0.766. The summed E-state index contributed by atoms with van der Waals surface area (Å²) < 4.78 is 0. The van der Waals surface area contributed by atoms with Gasteiger partial charge in [-0.05, 0) is 100 Å². The van der Waals surface area contributed by atoms with E-state index in [2.05, 4.69) is 24.2 Å². The second-order valence-electron chi connectivity index (χ2n) is 11.0. The van der Waals surface area contributed by atoms with Crippen LogP contribution in [0.5, 0.6) is 0 Å². The smallest absolute Gasteiger partial charge is 0.323 e. The summed E-state index contributed by atoms with van der Waals surface area (Å²) in [6.45, 7) is 3.73. The zero-order valence-electron chi connectivity index (χ0n) is 17.0. The number of nitrogens with one attached hydrogen (secondary N) is 1. The SMILES string of the molecule is CC1CCC2(CC1)NC(=O)N(CN(C)CC13CC4CC(CC(C4)C1)C3)C2=O. The molecule has 5 heteroatoms. The lowest BCUT2D eigenvalue weighted by atomic mass is 9.49. The summed E-state index contributed by atoms with van der Waals surface area (Å²) in [5, 5.41) is 3.07. The van der Waals surface area contributed by atoms with E-state index >= 15 is 0 Å². The number of hydrogen-bond acceptors (Lipinski definition) is 3. The first-order valence-corrected chi connectivity index (χ1v) is 11.2. The molecule has 6 fully saturated rings. The van der Waals surface area contributed by atoms with Crippen LogP contribution >= 0.6 is 0 Å². The first-order chi connectivity index (χ1) is 12.9. The second-order valence-corrected chi connectivity index (χ2v) is 11.0. The van der Waals surface area contributed by atoms with Crippen LogP contribution in [0.25, 0.3) is 0 Å². The Bertz CT molecular complexity index is 602. The number of urea groups is 1. The Morgan fingerprint density at radius 2 is 1.59 bits per heavy atom. The minimum atomic E-state index is -0.606. The number of imide groups is 1. The van der Waals surface area contributed by atoms with Crippen LogP contribution in [0.15, 0.2) is 0 Å². The number of nitrogens with zero attached hydrogens (tertiary/aromatic N) is 2. The van der Waals surface area contributed by atoms with Crippen LogP contribution in [-0.4, -0.2) is 47.5 Å². The van der Waals surface area contributed by atoms with Gasteiger partial charge in [0.05, 0.1) is 6.67 Å². The molecular formula is C22H35N3O2. The molecule has 150 valence electrons. The van der Waals surface area contributed by atoms with Gasteiger partial charge in [-0.2, -0.15) is 0 Å². The number of amides is 3. The third-order valence-corrected chi connectivity index (χ3v) is 8.53. The van der Waals surface area contributed by atoms with E-state index in [4.69, 9.17) is 0 Å². The Morgan fingerprint density at radius 3 is 2.15 bits per heavy atom. The molecule has 0 aromatic heterocycles. The van der Waals surface area contributed by atoms with E-state index in [0.717, 1.165) is 50.0 Å². The van der Waals surface area contributed by atoms with E-state index in [1.54, 1.807) is 0 Å². The summed E-state index contributed by atoms with van der Waals surface area (Å²) in [7, 11) is 2.10. The highest BCUT2D eigenvalue weighted by molar-refractivity contribution is 6.07. The molecule has 1 aliphatic heterocycles. The molecule has 3 amide bonds. The van der Waals surface area contributed by atoms with Gasteiger partial charge in [-0.1, -0.05) is 6.92 Å². The summed E-state index contributed by atoms with van der Waals surface area (Å²) >= 11 is 0. The van der Waals surface area contributed by atoms with E-state index in [9.17, 15) is 9.59 Å². The van der Waals surface area contributed by atoms with Gasteiger partial charge in [-0.15, -0.1) is 0 Å². The van der Waals surface area contributed by atoms with Crippen LogP contribution < -0.4 is 5.32 Å². The molecule has 6 aliphatic rings. The Morgan fingerprint density at radius 1 is 1.04 bits per heavy atom. The van der Waals surface area contributed by atoms with E-state index in [0.29, 0.717) is 18.0 Å². The average Bonchev–Trinajstić information content (AvgIpc) is 2.80. The zero-order valence-corrected chi connectivity index (χ0v) is 17.0. The third kappa shape index (κ3) is 3.01. The predicted molar refractivity (Wildman–Crippen MR) is 104 cm³/mol. The van der Waals surface area contributed by atoms with Crippen molar-refractivity contribution in [1.82, 2.24) is 15.1 Å². The lowest BCUT2D eigenvalue weighted by Gasteiger charge is -2.57. The molecular weight excluding hydrogens is 338 g/mol. The summed E-state index contributed by atoms with van der Waals surface area (Å²) in [6, 6.07) is -0.174. The molecule has 5 aliphatic carbocycles. The standard InChI is InChI=1S/C22H35N3O2/c1-15-3-5-22(6-4-15)19(26)25(20(27)23-22)14-24(2)13-21-10-16-7-17(11-21)9-18(8-16)12-21/h15-18H,3-14H2,1-2H3,(H,23,27). The van der Waals surface area contributed by atoms with Crippen LogP contribution in [0.4, 0.5) is 4.79 Å². The fraction of sp³-hybridized carbons (Fsp3) is 0.909. The van der Waals surface area contributed by atoms with Crippen LogP contribution in [0, 0.1) is 29.1 Å². The summed E-state index contributed by atoms with van der Waals surface area (Å²) in [5.41, 5.74) is -0.161. The summed E-state index contributed by atoms with van der Waals surface area (Å²) in [4.78, 5) is 29.5. The van der Waals surface area contributed by atoms with Gasteiger partial charge >= 0.3 is 6.03 Å². The highest BCUT2D eigenvalue weighted by Crippen LogP contribution is 2.60. The lowest BCUT2D eigenvalue weighted by molar-refractivity contribution is -0.134. The molecule has 27 heavy (non-hydrogen) atoms. The molecule has 1 saturated heterocycles. The first-order valence-electron chi connectivity index (χ1n) is 11.2. The molecule has 0 unspecified atom stereocenters. The van der Waals surface area contributed by atoms with Gasteiger partial charge in [0.25, 0.3) is 5.91 Å². The second kappa shape index (κ2) is 6.20. The molecule has 0 aromatic rings. The van der Waals surface area contributed by atoms with Gasteiger partial charge in [-0.3, -0.25) is 9.69 Å². The average molecular weight is 374 g/mol. The largest absolute Gasteiger partial charge is 0.326 e. The van der Waals surface area contributed by atoms with Crippen molar-refractivity contribution in [2.45, 2.75) is 76.7 Å². The Balaban J connectivity index is 1.24. The minimum Gasteiger partial charge on any atom is -0.323 e. The molecule has 4 bridgehead atoms. The molecule has 5 nitrogen and oxygen atoms in total. The fourth-order valence-electron chi connectivity index (χ4n) is 7.75. The highest BCUT2D eigenvalue weighted by atomic mass is 16.2. The number of rotatable bonds is 4. The Hall–Kier alpha value is -1.10. The minimum absolute atomic E-state index is 0.0248. The van der Waals surface area contributed by atoms with Crippen molar-refractivity contribution >= 4 is 11.9 Å². The van der Waals surface area contributed by atoms with Crippen LogP contribution in [0.2, 0.25) is 0 Å². The van der Waals surface area contributed by atoms with Gasteiger partial charge in [0, 0.05) is 6.54 Å². The molecule has 6 rings (SSSR count). The molecule has 0 radical (unpaired) electrons. The molecule has 0 atom stereocenters. The fourth-order valence-corrected chi connectivity index (χ4v) is 7.75. The lowest BCUT2D eigenvalue weighted by Crippen LogP contribution is -2.53. The van der Waals surface area contributed by atoms with Gasteiger partial charge in [0.15, 0.2) is 0 Å². The Kier molecular flexibility index (Phi) is 4.12. The van der Waals surface area contributed by atoms with Crippen molar-refractivity contribution in [3.63, 3.8) is 0 Å². The summed E-state index contributed by atoms with van der Waals surface area (Å²) in [6.07, 6.45) is 12.1.